The Morgan fingerprint density at radius 2 is 2.24 bits per heavy atom. The summed E-state index contributed by atoms with van der Waals surface area (Å²) in [5, 5.41) is 13.3. The van der Waals surface area contributed by atoms with Gasteiger partial charge in [0.15, 0.2) is 0 Å². The number of aromatic amines is 1. The monoisotopic (exact) mass is 248 g/mol. The van der Waals surface area contributed by atoms with Crippen molar-refractivity contribution >= 4 is 28.6 Å². The minimum absolute atomic E-state index is 0.0623. The highest BCUT2D eigenvalue weighted by atomic mass is 32.2. The second kappa shape index (κ2) is 4.09. The van der Waals surface area contributed by atoms with E-state index in [0.717, 1.165) is 16.5 Å². The summed E-state index contributed by atoms with van der Waals surface area (Å²) >= 11 is 1.64. The zero-order valence-electron chi connectivity index (χ0n) is 9.01. The summed E-state index contributed by atoms with van der Waals surface area (Å²) in [6.45, 7) is 0. The molecule has 17 heavy (non-hydrogen) atoms. The van der Waals surface area contributed by atoms with Crippen LogP contribution in [0.15, 0.2) is 30.5 Å². The predicted molar refractivity (Wildman–Crippen MR) is 68.1 cm³/mol. The normalized spacial score (nSPS) is 24.2. The number of thioether (sulfide) groups is 1. The maximum atomic E-state index is 10.9. The number of para-hydroxylation sites is 1. The molecule has 2 atom stereocenters. The smallest absolute Gasteiger partial charge is 0.321 e. The number of hydrogen-bond acceptors (Lipinski definition) is 3. The van der Waals surface area contributed by atoms with Gasteiger partial charge in [-0.25, -0.2) is 0 Å². The third kappa shape index (κ3) is 1.81. The van der Waals surface area contributed by atoms with Crippen molar-refractivity contribution in [2.45, 2.75) is 11.4 Å². The molecule has 2 aromatic rings. The second-order valence-electron chi connectivity index (χ2n) is 4.06. The third-order valence-corrected chi connectivity index (χ3v) is 4.23. The van der Waals surface area contributed by atoms with Gasteiger partial charge in [0, 0.05) is 28.4 Å². The van der Waals surface area contributed by atoms with E-state index >= 15 is 0 Å². The van der Waals surface area contributed by atoms with Crippen molar-refractivity contribution in [2.24, 2.45) is 0 Å². The largest absolute Gasteiger partial charge is 0.480 e. The molecule has 3 N–H and O–H groups in total. The van der Waals surface area contributed by atoms with Crippen molar-refractivity contribution in [3.63, 3.8) is 0 Å². The van der Waals surface area contributed by atoms with E-state index in [1.807, 2.05) is 24.4 Å². The van der Waals surface area contributed by atoms with Crippen LogP contribution in [0.3, 0.4) is 0 Å². The lowest BCUT2D eigenvalue weighted by Gasteiger charge is -2.09. The quantitative estimate of drug-likeness (QED) is 0.760. The molecule has 5 heteroatoms. The first-order chi connectivity index (χ1) is 8.25. The van der Waals surface area contributed by atoms with Crippen LogP contribution in [-0.2, 0) is 4.79 Å². The molecule has 0 amide bonds. The number of H-pyrrole nitrogens is 1. The lowest BCUT2D eigenvalue weighted by atomic mass is 10.1. The van der Waals surface area contributed by atoms with Gasteiger partial charge in [-0.1, -0.05) is 18.2 Å². The Bertz CT molecular complexity index is 566. The molecule has 1 saturated heterocycles. The van der Waals surface area contributed by atoms with Gasteiger partial charge in [0.05, 0.1) is 5.37 Å². The molecule has 0 aliphatic carbocycles. The molecular formula is C12H12N2O2S. The average Bonchev–Trinajstić information content (AvgIpc) is 2.95. The number of carboxylic acids is 1. The van der Waals surface area contributed by atoms with Crippen LogP contribution in [0.25, 0.3) is 10.9 Å². The highest BCUT2D eigenvalue weighted by Gasteiger charge is 2.31. The van der Waals surface area contributed by atoms with Crippen molar-refractivity contribution < 1.29 is 9.90 Å². The SMILES string of the molecule is O=C(O)[C@@H]1CS[C@@H](c2c[nH]c3ccccc23)N1. The van der Waals surface area contributed by atoms with Gasteiger partial charge in [-0.3, -0.25) is 10.1 Å². The Kier molecular flexibility index (Phi) is 2.57. The molecular weight excluding hydrogens is 236 g/mol. The molecule has 2 heterocycles. The standard InChI is InChI=1S/C12H12N2O2S/c15-12(16)10-6-17-11(14-10)8-5-13-9-4-2-1-3-7(8)9/h1-5,10-11,13-14H,6H2,(H,15,16)/t10-,11-/m0/s1. The average molecular weight is 248 g/mol. The Balaban J connectivity index is 1.93. The van der Waals surface area contributed by atoms with Crippen LogP contribution in [-0.4, -0.2) is 27.9 Å². The summed E-state index contributed by atoms with van der Waals surface area (Å²) in [5.74, 6) is -0.167. The van der Waals surface area contributed by atoms with Crippen molar-refractivity contribution in [1.82, 2.24) is 10.3 Å². The van der Waals surface area contributed by atoms with Gasteiger partial charge >= 0.3 is 5.97 Å². The van der Waals surface area contributed by atoms with Crippen LogP contribution in [0, 0.1) is 0 Å². The number of carboxylic acid groups (broad SMARTS) is 1. The van der Waals surface area contributed by atoms with E-state index in [-0.39, 0.29) is 5.37 Å². The molecule has 88 valence electrons. The maximum absolute atomic E-state index is 10.9. The van der Waals surface area contributed by atoms with Crippen LogP contribution in [0.2, 0.25) is 0 Å². The van der Waals surface area contributed by atoms with Crippen LogP contribution in [0.1, 0.15) is 10.9 Å². The van der Waals surface area contributed by atoms with Gasteiger partial charge in [0.2, 0.25) is 0 Å². The number of nitrogens with one attached hydrogen (secondary N) is 2. The van der Waals surface area contributed by atoms with Crippen molar-refractivity contribution in [1.29, 1.82) is 0 Å². The number of aliphatic carboxylic acids is 1. The predicted octanol–water partition coefficient (Wildman–Crippen LogP) is 1.96. The van der Waals surface area contributed by atoms with E-state index < -0.39 is 12.0 Å². The fourth-order valence-corrected chi connectivity index (χ4v) is 3.36. The van der Waals surface area contributed by atoms with Gasteiger partial charge in [0.1, 0.15) is 6.04 Å². The van der Waals surface area contributed by atoms with Crippen molar-refractivity contribution in [3.8, 4) is 0 Å². The number of aromatic nitrogens is 1. The summed E-state index contributed by atoms with van der Waals surface area (Å²) in [7, 11) is 0. The van der Waals surface area contributed by atoms with Crippen molar-refractivity contribution in [3.05, 3.63) is 36.0 Å². The maximum Gasteiger partial charge on any atom is 0.321 e. The Morgan fingerprint density at radius 3 is 3.00 bits per heavy atom. The summed E-state index contributed by atoms with van der Waals surface area (Å²) in [6, 6.07) is 7.61. The first kappa shape index (κ1) is 10.7. The minimum atomic E-state index is -0.778. The lowest BCUT2D eigenvalue weighted by molar-refractivity contribution is -0.138. The van der Waals surface area contributed by atoms with Gasteiger partial charge in [-0.2, -0.15) is 0 Å². The molecule has 1 fully saturated rings. The molecule has 1 aliphatic rings. The number of carbonyl (C=O) groups is 1. The molecule has 0 saturated carbocycles. The third-order valence-electron chi connectivity index (χ3n) is 2.98. The molecule has 3 rings (SSSR count). The number of hydrogen-bond donors (Lipinski definition) is 3. The molecule has 0 bridgehead atoms. The van der Waals surface area contributed by atoms with Crippen molar-refractivity contribution in [2.75, 3.05) is 5.75 Å². The topological polar surface area (TPSA) is 65.1 Å². The Hall–Kier alpha value is -1.46. The Morgan fingerprint density at radius 1 is 1.41 bits per heavy atom. The number of benzene rings is 1. The van der Waals surface area contributed by atoms with Crippen LogP contribution < -0.4 is 5.32 Å². The lowest BCUT2D eigenvalue weighted by Crippen LogP contribution is -2.33. The first-order valence-corrected chi connectivity index (χ1v) is 6.47. The zero-order chi connectivity index (χ0) is 11.8. The molecule has 4 nitrogen and oxygen atoms in total. The molecule has 0 radical (unpaired) electrons. The summed E-state index contributed by atoms with van der Waals surface area (Å²) in [6.07, 6.45) is 1.96. The van der Waals surface area contributed by atoms with Crippen LogP contribution in [0.5, 0.6) is 0 Å². The molecule has 1 aromatic heterocycles. The van der Waals surface area contributed by atoms with E-state index in [0.29, 0.717) is 5.75 Å². The van der Waals surface area contributed by atoms with Gasteiger partial charge < -0.3 is 10.1 Å². The second-order valence-corrected chi connectivity index (χ2v) is 5.20. The van der Waals surface area contributed by atoms with E-state index in [2.05, 4.69) is 16.4 Å². The van der Waals surface area contributed by atoms with E-state index in [9.17, 15) is 4.79 Å². The first-order valence-electron chi connectivity index (χ1n) is 5.42. The van der Waals surface area contributed by atoms with Gasteiger partial charge in [-0.15, -0.1) is 11.8 Å². The Labute approximate surface area is 102 Å². The highest BCUT2D eigenvalue weighted by molar-refractivity contribution is 7.99. The summed E-state index contributed by atoms with van der Waals surface area (Å²) < 4.78 is 0. The fourth-order valence-electron chi connectivity index (χ4n) is 2.10. The molecule has 1 aliphatic heterocycles. The number of fused-ring (bicyclic) bond motifs is 1. The highest BCUT2D eigenvalue weighted by Crippen LogP contribution is 2.36. The van der Waals surface area contributed by atoms with Gasteiger partial charge in [0.25, 0.3) is 0 Å². The zero-order valence-corrected chi connectivity index (χ0v) is 9.83. The van der Waals surface area contributed by atoms with E-state index in [4.69, 9.17) is 5.11 Å². The minimum Gasteiger partial charge on any atom is -0.480 e. The molecule has 1 aromatic carbocycles. The summed E-state index contributed by atoms with van der Waals surface area (Å²) in [5.41, 5.74) is 2.22. The van der Waals surface area contributed by atoms with Crippen LogP contribution >= 0.6 is 11.8 Å². The fraction of sp³-hybridized carbons (Fsp3) is 0.250. The van der Waals surface area contributed by atoms with Crippen LogP contribution in [0.4, 0.5) is 0 Å². The van der Waals surface area contributed by atoms with Gasteiger partial charge in [-0.05, 0) is 6.07 Å². The number of rotatable bonds is 2. The summed E-state index contributed by atoms with van der Waals surface area (Å²) in [4.78, 5) is 14.1. The van der Waals surface area contributed by atoms with E-state index in [1.165, 1.54) is 0 Å². The molecule has 0 unspecified atom stereocenters. The van der Waals surface area contributed by atoms with E-state index in [1.54, 1.807) is 11.8 Å². The molecule has 0 spiro atoms.